The maximum absolute atomic E-state index is 11.6. The van der Waals surface area contributed by atoms with Crippen LogP contribution in [0.15, 0.2) is 21.7 Å². The first-order valence-electron chi connectivity index (χ1n) is 4.98. The third-order valence-electron chi connectivity index (χ3n) is 1.94. The number of hydrogen-bond donors (Lipinski definition) is 3. The zero-order chi connectivity index (χ0) is 12.9. The molecular weight excluding hydrogens is 298 g/mol. The summed E-state index contributed by atoms with van der Waals surface area (Å²) in [7, 11) is -3.58. The lowest BCUT2D eigenvalue weighted by molar-refractivity contribution is -0.120. The van der Waals surface area contributed by atoms with E-state index in [0.29, 0.717) is 6.54 Å². The second-order valence-corrected chi connectivity index (χ2v) is 6.40. The van der Waals surface area contributed by atoms with Crippen molar-refractivity contribution < 1.29 is 13.2 Å². The van der Waals surface area contributed by atoms with Gasteiger partial charge in [-0.1, -0.05) is 6.07 Å². The molecule has 18 heavy (non-hydrogen) atoms. The van der Waals surface area contributed by atoms with Crippen LogP contribution >= 0.6 is 23.7 Å². The van der Waals surface area contributed by atoms with E-state index in [9.17, 15) is 13.2 Å². The highest BCUT2D eigenvalue weighted by Crippen LogP contribution is 2.14. The van der Waals surface area contributed by atoms with Gasteiger partial charge in [-0.2, -0.15) is 0 Å². The molecule has 4 N–H and O–H groups in total. The zero-order valence-corrected chi connectivity index (χ0v) is 12.2. The molecule has 1 atom stereocenters. The molecule has 1 heterocycles. The summed E-state index contributed by atoms with van der Waals surface area (Å²) >= 11 is 1.10. The smallest absolute Gasteiger partial charge is 0.250 e. The molecule has 0 saturated carbocycles. The van der Waals surface area contributed by atoms with Crippen molar-refractivity contribution in [1.29, 1.82) is 0 Å². The van der Waals surface area contributed by atoms with E-state index in [-0.39, 0.29) is 29.2 Å². The van der Waals surface area contributed by atoms with Crippen LogP contribution in [0.3, 0.4) is 0 Å². The first-order chi connectivity index (χ1) is 7.95. The second kappa shape index (κ2) is 7.70. The van der Waals surface area contributed by atoms with Gasteiger partial charge >= 0.3 is 0 Å². The molecule has 0 aromatic carbocycles. The van der Waals surface area contributed by atoms with Crippen LogP contribution in [0.1, 0.15) is 6.92 Å². The van der Waals surface area contributed by atoms with Gasteiger partial charge in [0.2, 0.25) is 5.91 Å². The molecule has 0 aliphatic carbocycles. The summed E-state index contributed by atoms with van der Waals surface area (Å²) < 4.78 is 25.7. The van der Waals surface area contributed by atoms with Gasteiger partial charge in [-0.3, -0.25) is 4.79 Å². The number of rotatable bonds is 6. The molecular formula is C9H16ClN3O3S2. The van der Waals surface area contributed by atoms with Crippen molar-refractivity contribution >= 4 is 39.7 Å². The van der Waals surface area contributed by atoms with Crippen molar-refractivity contribution in [3.05, 3.63) is 17.5 Å². The predicted molar refractivity (Wildman–Crippen MR) is 73.4 cm³/mol. The fourth-order valence-corrected chi connectivity index (χ4v) is 3.05. The van der Waals surface area contributed by atoms with Crippen LogP contribution in [0, 0.1) is 0 Å². The number of hydrogen-bond acceptors (Lipinski definition) is 5. The van der Waals surface area contributed by atoms with Crippen molar-refractivity contribution in [3.8, 4) is 0 Å². The minimum atomic E-state index is -3.58. The Balaban J connectivity index is 0.00000289. The molecule has 0 aliphatic heterocycles. The van der Waals surface area contributed by atoms with E-state index in [1.807, 2.05) is 0 Å². The van der Waals surface area contributed by atoms with Gasteiger partial charge < -0.3 is 11.1 Å². The van der Waals surface area contributed by atoms with Crippen molar-refractivity contribution in [2.45, 2.75) is 17.2 Å². The number of carbonyl (C=O) groups is 1. The van der Waals surface area contributed by atoms with Crippen molar-refractivity contribution in [2.24, 2.45) is 5.73 Å². The summed E-state index contributed by atoms with van der Waals surface area (Å²) in [5.74, 6) is -0.400. The average molecular weight is 314 g/mol. The van der Waals surface area contributed by atoms with Crippen LogP contribution in [0.4, 0.5) is 0 Å². The number of amides is 1. The number of nitrogens with one attached hydrogen (secondary N) is 2. The van der Waals surface area contributed by atoms with Gasteiger partial charge in [0, 0.05) is 12.6 Å². The highest BCUT2D eigenvalue weighted by atomic mass is 35.5. The Hall–Kier alpha value is -0.670. The van der Waals surface area contributed by atoms with E-state index in [4.69, 9.17) is 5.73 Å². The molecule has 0 unspecified atom stereocenters. The van der Waals surface area contributed by atoms with E-state index in [1.165, 1.54) is 6.07 Å². The molecule has 1 rings (SSSR count). The molecule has 0 fully saturated rings. The first kappa shape index (κ1) is 17.3. The third-order valence-corrected chi connectivity index (χ3v) is 4.74. The summed E-state index contributed by atoms with van der Waals surface area (Å²) in [4.78, 5) is 11.3. The summed E-state index contributed by atoms with van der Waals surface area (Å²) in [6, 6.07) is 2.94. The Kier molecular flexibility index (Phi) is 7.41. The Bertz CT molecular complexity index is 461. The quantitative estimate of drug-likeness (QED) is 0.683. The second-order valence-electron chi connectivity index (χ2n) is 3.46. The third kappa shape index (κ3) is 5.32. The van der Waals surface area contributed by atoms with E-state index < -0.39 is 15.9 Å². The molecule has 1 amide bonds. The van der Waals surface area contributed by atoms with Crippen LogP contribution < -0.4 is 15.8 Å². The van der Waals surface area contributed by atoms with Crippen molar-refractivity contribution in [2.75, 3.05) is 13.1 Å². The number of sulfonamides is 1. The lowest BCUT2D eigenvalue weighted by Gasteiger charge is -2.11. The largest absolute Gasteiger partial charge is 0.351 e. The maximum atomic E-state index is 11.6. The summed E-state index contributed by atoms with van der Waals surface area (Å²) in [5, 5.41) is 4.22. The molecule has 0 bridgehead atoms. The van der Waals surface area contributed by atoms with Crippen LogP contribution in [0.2, 0.25) is 0 Å². The lowest BCUT2D eigenvalue weighted by atomic mass is 10.3. The molecule has 1 aromatic heterocycles. The van der Waals surface area contributed by atoms with Gasteiger partial charge in [-0.05, 0) is 18.4 Å². The normalized spacial score (nSPS) is 12.6. The lowest BCUT2D eigenvalue weighted by Crippen LogP contribution is -2.43. The number of halogens is 1. The van der Waals surface area contributed by atoms with E-state index in [1.54, 1.807) is 18.4 Å². The number of nitrogens with two attached hydrogens (primary N) is 1. The minimum absolute atomic E-state index is 0. The number of carbonyl (C=O) groups excluding carboxylic acids is 1. The Labute approximate surface area is 116 Å². The topological polar surface area (TPSA) is 101 Å². The van der Waals surface area contributed by atoms with Crippen molar-refractivity contribution in [3.63, 3.8) is 0 Å². The molecule has 1 aromatic rings. The summed E-state index contributed by atoms with van der Waals surface area (Å²) in [6.45, 7) is 1.76. The average Bonchev–Trinajstić information content (AvgIpc) is 2.80. The standard InChI is InChI=1S/C9H15N3O3S2.ClH/c1-7(5-10)12-8(13)6-11-17(14,15)9-3-2-4-16-9;/h2-4,7,11H,5-6,10H2,1H3,(H,12,13);1H/t7-;/m0./s1. The van der Waals surface area contributed by atoms with Gasteiger partial charge in [0.1, 0.15) is 4.21 Å². The van der Waals surface area contributed by atoms with E-state index in [0.717, 1.165) is 11.3 Å². The fourth-order valence-electron chi connectivity index (χ4n) is 1.03. The van der Waals surface area contributed by atoms with Crippen LogP contribution in [-0.2, 0) is 14.8 Å². The molecule has 0 saturated heterocycles. The van der Waals surface area contributed by atoms with Crippen molar-refractivity contribution in [1.82, 2.24) is 10.0 Å². The van der Waals surface area contributed by atoms with Crippen LogP contribution in [0.25, 0.3) is 0 Å². The van der Waals surface area contributed by atoms with Crippen LogP contribution in [0.5, 0.6) is 0 Å². The molecule has 9 heteroatoms. The van der Waals surface area contributed by atoms with Crippen LogP contribution in [-0.4, -0.2) is 33.5 Å². The molecule has 104 valence electrons. The zero-order valence-electron chi connectivity index (χ0n) is 9.75. The van der Waals surface area contributed by atoms with Gasteiger partial charge in [-0.25, -0.2) is 13.1 Å². The molecule has 0 spiro atoms. The Morgan fingerprint density at radius 2 is 2.22 bits per heavy atom. The molecule has 0 aliphatic rings. The molecule has 6 nitrogen and oxygen atoms in total. The van der Waals surface area contributed by atoms with E-state index >= 15 is 0 Å². The Morgan fingerprint density at radius 1 is 1.56 bits per heavy atom. The van der Waals surface area contributed by atoms with Gasteiger partial charge in [0.05, 0.1) is 6.54 Å². The predicted octanol–water partition coefficient (Wildman–Crippen LogP) is -0.0884. The monoisotopic (exact) mass is 313 g/mol. The van der Waals surface area contributed by atoms with Gasteiger partial charge in [-0.15, -0.1) is 23.7 Å². The maximum Gasteiger partial charge on any atom is 0.250 e. The minimum Gasteiger partial charge on any atom is -0.351 e. The number of thiophene rings is 1. The van der Waals surface area contributed by atoms with Gasteiger partial charge in [0.25, 0.3) is 10.0 Å². The SMILES string of the molecule is C[C@@H](CN)NC(=O)CNS(=O)(=O)c1cccs1.Cl. The fraction of sp³-hybridized carbons (Fsp3) is 0.444. The summed E-state index contributed by atoms with van der Waals surface area (Å²) in [6.07, 6.45) is 0. The Morgan fingerprint density at radius 3 is 2.72 bits per heavy atom. The highest BCUT2D eigenvalue weighted by molar-refractivity contribution is 7.91. The van der Waals surface area contributed by atoms with E-state index in [2.05, 4.69) is 10.0 Å². The highest BCUT2D eigenvalue weighted by Gasteiger charge is 2.16. The molecule has 0 radical (unpaired) electrons. The summed E-state index contributed by atoms with van der Waals surface area (Å²) in [5.41, 5.74) is 5.33. The van der Waals surface area contributed by atoms with Gasteiger partial charge in [0.15, 0.2) is 0 Å². The first-order valence-corrected chi connectivity index (χ1v) is 7.34.